The molecule has 2 atom stereocenters. The third-order valence-electron chi connectivity index (χ3n) is 4.15. The van der Waals surface area contributed by atoms with Crippen LogP contribution in [0.1, 0.15) is 25.3 Å². The molecule has 0 saturated heterocycles. The Hall–Kier alpha value is -1.89. The first-order valence-corrected chi connectivity index (χ1v) is 8.63. The maximum atomic E-state index is 12.7. The Morgan fingerprint density at radius 3 is 2.54 bits per heavy atom. The van der Waals surface area contributed by atoms with Crippen molar-refractivity contribution < 1.29 is 24.2 Å². The minimum Gasteiger partial charge on any atom is -0.481 e. The van der Waals surface area contributed by atoms with Crippen LogP contribution < -0.4 is 0 Å². The van der Waals surface area contributed by atoms with Crippen molar-refractivity contribution in [2.75, 3.05) is 20.3 Å². The average Bonchev–Trinajstić information content (AvgIpc) is 2.56. The third kappa shape index (κ3) is 4.09. The van der Waals surface area contributed by atoms with E-state index in [1.165, 1.54) is 7.11 Å². The van der Waals surface area contributed by atoms with E-state index in [1.54, 1.807) is 32.0 Å². The number of halogens is 2. The van der Waals surface area contributed by atoms with E-state index in [0.29, 0.717) is 17.0 Å². The normalized spacial score (nSPS) is 20.0. The standard InChI is InChI=1S/C18H19Cl2NO5/c1-9-13(17(22)23)15(11-5-4-6-12(19)16(11)20)14(10(2)21-9)18(24)26-8-7-25-3/h4-6,13,15H,7-8H2,1-3H3,(H,22,23). The molecule has 6 nitrogen and oxygen atoms in total. The van der Waals surface area contributed by atoms with Crippen LogP contribution in [-0.4, -0.2) is 43.1 Å². The van der Waals surface area contributed by atoms with E-state index in [2.05, 4.69) is 4.99 Å². The summed E-state index contributed by atoms with van der Waals surface area (Å²) >= 11 is 12.4. The summed E-state index contributed by atoms with van der Waals surface area (Å²) in [7, 11) is 1.49. The van der Waals surface area contributed by atoms with Crippen LogP contribution in [0.3, 0.4) is 0 Å². The van der Waals surface area contributed by atoms with E-state index in [9.17, 15) is 14.7 Å². The lowest BCUT2D eigenvalue weighted by Gasteiger charge is -2.31. The number of hydrogen-bond acceptors (Lipinski definition) is 5. The predicted molar refractivity (Wildman–Crippen MR) is 99.0 cm³/mol. The van der Waals surface area contributed by atoms with Gasteiger partial charge in [0.15, 0.2) is 0 Å². The Bertz CT molecular complexity index is 788. The molecule has 0 fully saturated rings. The van der Waals surface area contributed by atoms with Gasteiger partial charge in [-0.3, -0.25) is 9.79 Å². The summed E-state index contributed by atoms with van der Waals surface area (Å²) < 4.78 is 10.1. The lowest BCUT2D eigenvalue weighted by atomic mass is 9.75. The summed E-state index contributed by atoms with van der Waals surface area (Å²) in [5, 5.41) is 10.2. The summed E-state index contributed by atoms with van der Waals surface area (Å²) in [5.41, 5.74) is 1.37. The number of carboxylic acids is 1. The number of methoxy groups -OCH3 is 1. The highest BCUT2D eigenvalue weighted by Crippen LogP contribution is 2.43. The molecule has 1 aromatic rings. The largest absolute Gasteiger partial charge is 0.481 e. The zero-order chi connectivity index (χ0) is 19.4. The fourth-order valence-electron chi connectivity index (χ4n) is 3.01. The van der Waals surface area contributed by atoms with E-state index >= 15 is 0 Å². The molecule has 8 heteroatoms. The second kappa shape index (κ2) is 8.66. The van der Waals surface area contributed by atoms with Gasteiger partial charge in [-0.05, 0) is 25.5 Å². The number of aliphatic carboxylic acids is 1. The molecular weight excluding hydrogens is 381 g/mol. The van der Waals surface area contributed by atoms with Crippen molar-refractivity contribution in [3.8, 4) is 0 Å². The summed E-state index contributed by atoms with van der Waals surface area (Å²) in [6.07, 6.45) is 0. The molecule has 0 saturated carbocycles. The van der Waals surface area contributed by atoms with Crippen molar-refractivity contribution in [2.24, 2.45) is 10.9 Å². The molecule has 0 bridgehead atoms. The van der Waals surface area contributed by atoms with Crippen molar-refractivity contribution in [1.29, 1.82) is 0 Å². The predicted octanol–water partition coefficient (Wildman–Crippen LogP) is 3.72. The minimum atomic E-state index is -1.11. The number of nitrogens with zero attached hydrogens (tertiary/aromatic N) is 1. The van der Waals surface area contributed by atoms with E-state index in [-0.39, 0.29) is 28.8 Å². The van der Waals surface area contributed by atoms with E-state index in [4.69, 9.17) is 32.7 Å². The molecule has 0 amide bonds. The second-order valence-electron chi connectivity index (χ2n) is 5.82. The van der Waals surface area contributed by atoms with Crippen molar-refractivity contribution in [1.82, 2.24) is 0 Å². The number of hydrogen-bond donors (Lipinski definition) is 1. The molecule has 140 valence electrons. The van der Waals surface area contributed by atoms with Crippen molar-refractivity contribution in [3.63, 3.8) is 0 Å². The number of ether oxygens (including phenoxy) is 2. The SMILES string of the molecule is COCCOC(=O)C1=C(C)N=C(C)C(C(=O)O)C1c1cccc(Cl)c1Cl. The molecule has 1 aliphatic heterocycles. The van der Waals surface area contributed by atoms with Gasteiger partial charge in [-0.25, -0.2) is 4.79 Å². The fourth-order valence-corrected chi connectivity index (χ4v) is 3.44. The molecule has 0 aliphatic carbocycles. The molecule has 1 aliphatic rings. The summed E-state index contributed by atoms with van der Waals surface area (Å²) in [6, 6.07) is 4.91. The van der Waals surface area contributed by atoms with Gasteiger partial charge in [-0.15, -0.1) is 0 Å². The first-order chi connectivity index (χ1) is 12.3. The van der Waals surface area contributed by atoms with Crippen LogP contribution in [0.25, 0.3) is 0 Å². The lowest BCUT2D eigenvalue weighted by molar-refractivity contribution is -0.142. The minimum absolute atomic E-state index is 0.0442. The summed E-state index contributed by atoms with van der Waals surface area (Å²) in [5.74, 6) is -3.67. The molecule has 26 heavy (non-hydrogen) atoms. The van der Waals surface area contributed by atoms with Crippen LogP contribution in [-0.2, 0) is 19.1 Å². The molecule has 1 aromatic carbocycles. The van der Waals surface area contributed by atoms with Crippen molar-refractivity contribution in [2.45, 2.75) is 19.8 Å². The van der Waals surface area contributed by atoms with E-state index in [0.717, 1.165) is 0 Å². The second-order valence-corrected chi connectivity index (χ2v) is 6.60. The number of allylic oxidation sites excluding steroid dienone is 1. The molecule has 1 N–H and O–H groups in total. The van der Waals surface area contributed by atoms with Gasteiger partial charge in [0, 0.05) is 24.4 Å². The number of carbonyl (C=O) groups excluding carboxylic acids is 1. The van der Waals surface area contributed by atoms with Gasteiger partial charge < -0.3 is 14.6 Å². The Morgan fingerprint density at radius 2 is 1.92 bits per heavy atom. The molecule has 0 aromatic heterocycles. The Kier molecular flexibility index (Phi) is 6.81. The van der Waals surface area contributed by atoms with Crippen LogP contribution in [0.4, 0.5) is 0 Å². The van der Waals surface area contributed by atoms with Gasteiger partial charge in [0.1, 0.15) is 12.5 Å². The Balaban J connectivity index is 2.59. The number of benzene rings is 1. The van der Waals surface area contributed by atoms with Crippen LogP contribution in [0.5, 0.6) is 0 Å². The van der Waals surface area contributed by atoms with Crippen molar-refractivity contribution in [3.05, 3.63) is 45.1 Å². The van der Waals surface area contributed by atoms with Gasteiger partial charge in [0.25, 0.3) is 0 Å². The molecule has 2 rings (SSSR count). The maximum Gasteiger partial charge on any atom is 0.336 e. The monoisotopic (exact) mass is 399 g/mol. The molecular formula is C18H19Cl2NO5. The number of carboxylic acid groups (broad SMARTS) is 1. The Labute approximate surface area is 161 Å². The van der Waals surface area contributed by atoms with Crippen LogP contribution in [0.15, 0.2) is 34.5 Å². The maximum absolute atomic E-state index is 12.7. The topological polar surface area (TPSA) is 85.2 Å². The Morgan fingerprint density at radius 1 is 1.23 bits per heavy atom. The third-order valence-corrected chi connectivity index (χ3v) is 4.98. The molecule has 1 heterocycles. The fraction of sp³-hybridized carbons (Fsp3) is 0.389. The smallest absolute Gasteiger partial charge is 0.336 e. The van der Waals surface area contributed by atoms with Crippen molar-refractivity contribution >= 4 is 40.9 Å². The summed E-state index contributed by atoms with van der Waals surface area (Å²) in [6.45, 7) is 3.52. The lowest BCUT2D eigenvalue weighted by Crippen LogP contribution is -2.35. The molecule has 0 radical (unpaired) electrons. The van der Waals surface area contributed by atoms with Gasteiger partial charge in [0.2, 0.25) is 0 Å². The molecule has 2 unspecified atom stereocenters. The zero-order valence-electron chi connectivity index (χ0n) is 14.6. The number of esters is 1. The van der Waals surface area contributed by atoms with Crippen LogP contribution >= 0.6 is 23.2 Å². The quantitative estimate of drug-likeness (QED) is 0.581. The van der Waals surface area contributed by atoms with Gasteiger partial charge >= 0.3 is 11.9 Å². The number of rotatable bonds is 6. The first kappa shape index (κ1) is 20.4. The number of carbonyl (C=O) groups is 2. The number of aliphatic imine (C=N–C) groups is 1. The highest BCUT2D eigenvalue weighted by Gasteiger charge is 2.42. The van der Waals surface area contributed by atoms with Gasteiger partial charge in [-0.1, -0.05) is 35.3 Å². The average molecular weight is 400 g/mol. The first-order valence-electron chi connectivity index (χ1n) is 7.88. The van der Waals surface area contributed by atoms with Crippen LogP contribution in [0.2, 0.25) is 10.0 Å². The van der Waals surface area contributed by atoms with E-state index in [1.807, 2.05) is 0 Å². The van der Waals surface area contributed by atoms with Gasteiger partial charge in [0.05, 0.1) is 22.2 Å². The zero-order valence-corrected chi connectivity index (χ0v) is 16.1. The van der Waals surface area contributed by atoms with Crippen LogP contribution in [0, 0.1) is 5.92 Å². The highest BCUT2D eigenvalue weighted by molar-refractivity contribution is 6.42. The highest BCUT2D eigenvalue weighted by atomic mass is 35.5. The van der Waals surface area contributed by atoms with E-state index < -0.39 is 23.8 Å². The van der Waals surface area contributed by atoms with Gasteiger partial charge in [-0.2, -0.15) is 0 Å². The summed E-state index contributed by atoms with van der Waals surface area (Å²) in [4.78, 5) is 28.8. The molecule has 0 spiro atoms.